The number of amides is 3. The molecule has 1 aromatic heterocycles. The highest BCUT2D eigenvalue weighted by atomic mass is 16.5. The van der Waals surface area contributed by atoms with Gasteiger partial charge in [-0.1, -0.05) is 42.4 Å². The van der Waals surface area contributed by atoms with Gasteiger partial charge >= 0.3 is 0 Å². The number of rotatable bonds is 7. The van der Waals surface area contributed by atoms with Gasteiger partial charge in [-0.25, -0.2) is 0 Å². The first-order valence-corrected chi connectivity index (χ1v) is 10.1. The minimum absolute atomic E-state index is 0.152. The molecular weight excluding hydrogens is 396 g/mol. The quantitative estimate of drug-likeness (QED) is 0.548. The summed E-state index contributed by atoms with van der Waals surface area (Å²) >= 11 is 0. The summed E-state index contributed by atoms with van der Waals surface area (Å²) in [5.74, 6) is -0.0960. The van der Waals surface area contributed by atoms with E-state index in [9.17, 15) is 14.4 Å². The number of imide groups is 1. The van der Waals surface area contributed by atoms with Crippen LogP contribution in [0.15, 0.2) is 53.1 Å². The van der Waals surface area contributed by atoms with Gasteiger partial charge in [-0.15, -0.1) is 0 Å². The van der Waals surface area contributed by atoms with Crippen LogP contribution in [0.5, 0.6) is 0 Å². The fourth-order valence-electron chi connectivity index (χ4n) is 3.51. The van der Waals surface area contributed by atoms with E-state index in [4.69, 9.17) is 4.52 Å². The number of carbonyl (C=O) groups excluding carboxylic acids is 3. The van der Waals surface area contributed by atoms with Crippen molar-refractivity contribution in [3.8, 4) is 0 Å². The molecule has 0 fully saturated rings. The standard InChI is InChI=1S/C23H22N4O4/c1-3-19-24-20(31-25-19)14-26(2)21(28)16-9-10-17-18(13-16)23(30)27(22(17)29)12-11-15-7-5-4-6-8-15/h4-10,13H,3,11-12,14H2,1-2H3. The van der Waals surface area contributed by atoms with Gasteiger partial charge < -0.3 is 9.42 Å². The third kappa shape index (κ3) is 4.09. The van der Waals surface area contributed by atoms with Crippen molar-refractivity contribution < 1.29 is 18.9 Å². The Morgan fingerprint density at radius 2 is 1.81 bits per heavy atom. The zero-order valence-corrected chi connectivity index (χ0v) is 17.4. The van der Waals surface area contributed by atoms with E-state index in [1.165, 1.54) is 15.9 Å². The lowest BCUT2D eigenvalue weighted by Crippen LogP contribution is -2.31. The van der Waals surface area contributed by atoms with Crippen molar-refractivity contribution in [2.75, 3.05) is 13.6 Å². The average molecular weight is 418 g/mol. The number of aryl methyl sites for hydroxylation is 1. The lowest BCUT2D eigenvalue weighted by atomic mass is 10.0. The lowest BCUT2D eigenvalue weighted by Gasteiger charge is -2.15. The van der Waals surface area contributed by atoms with Crippen molar-refractivity contribution in [1.29, 1.82) is 0 Å². The first-order valence-electron chi connectivity index (χ1n) is 10.1. The lowest BCUT2D eigenvalue weighted by molar-refractivity contribution is 0.0655. The van der Waals surface area contributed by atoms with E-state index in [0.29, 0.717) is 35.7 Å². The van der Waals surface area contributed by atoms with Crippen LogP contribution in [0.2, 0.25) is 0 Å². The Labute approximate surface area is 179 Å². The van der Waals surface area contributed by atoms with Crippen LogP contribution in [0.1, 0.15) is 55.3 Å². The Morgan fingerprint density at radius 3 is 2.52 bits per heavy atom. The van der Waals surface area contributed by atoms with Gasteiger partial charge in [0.2, 0.25) is 5.89 Å². The van der Waals surface area contributed by atoms with E-state index in [-0.39, 0.29) is 36.4 Å². The summed E-state index contributed by atoms with van der Waals surface area (Å²) in [6.45, 7) is 2.35. The monoisotopic (exact) mass is 418 g/mol. The molecule has 1 aliphatic heterocycles. The zero-order chi connectivity index (χ0) is 22.0. The first-order chi connectivity index (χ1) is 15.0. The van der Waals surface area contributed by atoms with Crippen LogP contribution < -0.4 is 0 Å². The van der Waals surface area contributed by atoms with Gasteiger partial charge in [-0.3, -0.25) is 19.3 Å². The fourth-order valence-corrected chi connectivity index (χ4v) is 3.51. The molecule has 31 heavy (non-hydrogen) atoms. The third-order valence-electron chi connectivity index (χ3n) is 5.23. The summed E-state index contributed by atoms with van der Waals surface area (Å²) in [4.78, 5) is 45.2. The summed E-state index contributed by atoms with van der Waals surface area (Å²) in [5.41, 5.74) is 1.94. The summed E-state index contributed by atoms with van der Waals surface area (Å²) < 4.78 is 5.13. The minimum Gasteiger partial charge on any atom is -0.337 e. The second-order valence-corrected chi connectivity index (χ2v) is 7.38. The largest absolute Gasteiger partial charge is 0.337 e. The minimum atomic E-state index is -0.377. The normalized spacial score (nSPS) is 12.9. The SMILES string of the molecule is CCc1noc(CN(C)C(=O)c2ccc3c(c2)C(=O)N(CCc2ccccc2)C3=O)n1. The molecule has 4 rings (SSSR count). The zero-order valence-electron chi connectivity index (χ0n) is 17.4. The van der Waals surface area contributed by atoms with Gasteiger partial charge in [-0.2, -0.15) is 4.98 Å². The van der Waals surface area contributed by atoms with Gasteiger partial charge in [0.25, 0.3) is 17.7 Å². The van der Waals surface area contributed by atoms with Crippen molar-refractivity contribution in [2.45, 2.75) is 26.3 Å². The van der Waals surface area contributed by atoms with Gasteiger partial charge in [0.15, 0.2) is 5.82 Å². The van der Waals surface area contributed by atoms with E-state index >= 15 is 0 Å². The Bertz CT molecular complexity index is 1140. The van der Waals surface area contributed by atoms with Gasteiger partial charge in [0.05, 0.1) is 17.7 Å². The summed E-state index contributed by atoms with van der Waals surface area (Å²) in [7, 11) is 1.62. The number of benzene rings is 2. The molecule has 0 N–H and O–H groups in total. The number of aromatic nitrogens is 2. The second-order valence-electron chi connectivity index (χ2n) is 7.38. The van der Waals surface area contributed by atoms with Crippen LogP contribution >= 0.6 is 0 Å². The first kappa shape index (κ1) is 20.5. The molecular formula is C23H22N4O4. The Hall–Kier alpha value is -3.81. The highest BCUT2D eigenvalue weighted by molar-refractivity contribution is 6.22. The van der Waals surface area contributed by atoms with E-state index in [2.05, 4.69) is 10.1 Å². The van der Waals surface area contributed by atoms with E-state index < -0.39 is 0 Å². The van der Waals surface area contributed by atoms with Crippen molar-refractivity contribution >= 4 is 17.7 Å². The molecule has 0 spiro atoms. The van der Waals surface area contributed by atoms with E-state index in [1.807, 2.05) is 37.3 Å². The van der Waals surface area contributed by atoms with Crippen LogP contribution in [0, 0.1) is 0 Å². The van der Waals surface area contributed by atoms with Crippen LogP contribution in [-0.2, 0) is 19.4 Å². The topological polar surface area (TPSA) is 96.6 Å². The van der Waals surface area contributed by atoms with Crippen LogP contribution in [0.3, 0.4) is 0 Å². The number of hydrogen-bond acceptors (Lipinski definition) is 6. The summed E-state index contributed by atoms with van der Waals surface area (Å²) in [5, 5.41) is 3.82. The molecule has 8 nitrogen and oxygen atoms in total. The number of carbonyl (C=O) groups is 3. The Kier molecular flexibility index (Phi) is 5.62. The highest BCUT2D eigenvalue weighted by Crippen LogP contribution is 2.25. The van der Waals surface area contributed by atoms with Crippen molar-refractivity contribution in [2.24, 2.45) is 0 Å². The molecule has 2 heterocycles. The highest BCUT2D eigenvalue weighted by Gasteiger charge is 2.35. The fraction of sp³-hybridized carbons (Fsp3) is 0.261. The molecule has 2 aromatic carbocycles. The molecule has 0 aliphatic carbocycles. The van der Waals surface area contributed by atoms with Crippen LogP contribution in [-0.4, -0.2) is 51.3 Å². The molecule has 1 aliphatic rings. The molecule has 3 amide bonds. The molecule has 158 valence electrons. The molecule has 0 saturated heterocycles. The van der Waals surface area contributed by atoms with Gasteiger partial charge in [-0.05, 0) is 30.2 Å². The molecule has 0 bridgehead atoms. The maximum atomic E-state index is 12.8. The smallest absolute Gasteiger partial charge is 0.261 e. The Morgan fingerprint density at radius 1 is 1.06 bits per heavy atom. The second kappa shape index (κ2) is 8.51. The molecule has 0 radical (unpaired) electrons. The third-order valence-corrected chi connectivity index (χ3v) is 5.23. The van der Waals surface area contributed by atoms with Crippen LogP contribution in [0.4, 0.5) is 0 Å². The van der Waals surface area contributed by atoms with Crippen LogP contribution in [0.25, 0.3) is 0 Å². The van der Waals surface area contributed by atoms with E-state index in [1.54, 1.807) is 19.2 Å². The maximum absolute atomic E-state index is 12.8. The summed E-state index contributed by atoms with van der Waals surface area (Å²) in [6.07, 6.45) is 1.22. The van der Waals surface area contributed by atoms with Crippen molar-refractivity contribution in [1.82, 2.24) is 19.9 Å². The van der Waals surface area contributed by atoms with Crippen molar-refractivity contribution in [3.63, 3.8) is 0 Å². The maximum Gasteiger partial charge on any atom is 0.261 e. The van der Waals surface area contributed by atoms with E-state index in [0.717, 1.165) is 5.56 Å². The molecule has 0 atom stereocenters. The summed E-state index contributed by atoms with van der Waals surface area (Å²) in [6, 6.07) is 14.3. The number of nitrogens with zero attached hydrogens (tertiary/aromatic N) is 4. The predicted molar refractivity (Wildman–Crippen MR) is 111 cm³/mol. The predicted octanol–water partition coefficient (Wildman–Crippen LogP) is 2.74. The Balaban J connectivity index is 1.47. The van der Waals surface area contributed by atoms with Gasteiger partial charge in [0.1, 0.15) is 0 Å². The molecule has 8 heteroatoms. The molecule has 0 unspecified atom stereocenters. The van der Waals surface area contributed by atoms with Gasteiger partial charge in [0, 0.05) is 25.6 Å². The average Bonchev–Trinajstić information content (AvgIpc) is 3.34. The van der Waals surface area contributed by atoms with Crippen molar-refractivity contribution in [3.05, 3.63) is 82.5 Å². The molecule has 0 saturated carbocycles. The number of hydrogen-bond donors (Lipinski definition) is 0. The number of fused-ring (bicyclic) bond motifs is 1. The molecule has 3 aromatic rings.